The van der Waals surface area contributed by atoms with Gasteiger partial charge in [0, 0.05) is 37.7 Å². The normalized spacial score (nSPS) is 19.0. The molecule has 0 aliphatic carbocycles. The fourth-order valence-electron chi connectivity index (χ4n) is 4.58. The summed E-state index contributed by atoms with van der Waals surface area (Å²) in [6, 6.07) is 10.6. The number of nitrogens with zero attached hydrogens (tertiary/aromatic N) is 2. The molecule has 0 amide bonds. The highest BCUT2D eigenvalue weighted by atomic mass is 19.4. The molecule has 0 bridgehead atoms. The van der Waals surface area contributed by atoms with Crippen molar-refractivity contribution in [3.63, 3.8) is 0 Å². The van der Waals surface area contributed by atoms with Crippen LogP contribution in [0.1, 0.15) is 33.1 Å². The molecule has 1 saturated heterocycles. The molecule has 1 atom stereocenters. The van der Waals surface area contributed by atoms with Gasteiger partial charge in [0.25, 0.3) is 0 Å². The van der Waals surface area contributed by atoms with Gasteiger partial charge in [0.15, 0.2) is 0 Å². The van der Waals surface area contributed by atoms with Crippen molar-refractivity contribution >= 4 is 5.97 Å². The molecule has 1 fully saturated rings. The van der Waals surface area contributed by atoms with Gasteiger partial charge in [-0.1, -0.05) is 24.8 Å². The van der Waals surface area contributed by atoms with Crippen molar-refractivity contribution in [1.29, 1.82) is 0 Å². The van der Waals surface area contributed by atoms with E-state index in [4.69, 9.17) is 4.74 Å². The summed E-state index contributed by atoms with van der Waals surface area (Å²) >= 11 is 0. The number of carboxylic acids is 1. The van der Waals surface area contributed by atoms with Crippen molar-refractivity contribution in [2.24, 2.45) is 5.92 Å². The van der Waals surface area contributed by atoms with Gasteiger partial charge in [0.2, 0.25) is 0 Å². The minimum atomic E-state index is -4.43. The highest BCUT2D eigenvalue weighted by Crippen LogP contribution is 2.41. The lowest BCUT2D eigenvalue weighted by Gasteiger charge is -2.41. The number of allylic oxidation sites excluding steroid dienone is 1. The molecule has 2 aliphatic heterocycles. The Morgan fingerprint density at radius 2 is 1.85 bits per heavy atom. The van der Waals surface area contributed by atoms with Gasteiger partial charge >= 0.3 is 12.1 Å². The van der Waals surface area contributed by atoms with E-state index < -0.39 is 24.7 Å². The Balaban J connectivity index is 1.54. The van der Waals surface area contributed by atoms with E-state index in [-0.39, 0.29) is 30.3 Å². The molecule has 0 saturated carbocycles. The molecule has 4 rings (SSSR count). The minimum Gasteiger partial charge on any atom is -0.492 e. The number of ether oxygens (including phenoxy) is 1. The van der Waals surface area contributed by atoms with E-state index in [0.29, 0.717) is 35.6 Å². The van der Waals surface area contributed by atoms with Gasteiger partial charge in [-0.15, -0.1) is 0 Å². The maximum Gasteiger partial charge on any atom is 0.405 e. The van der Waals surface area contributed by atoms with Gasteiger partial charge in [0.05, 0.1) is 18.3 Å². The Bertz CT molecular complexity index is 1050. The van der Waals surface area contributed by atoms with Crippen molar-refractivity contribution < 1.29 is 32.2 Å². The largest absolute Gasteiger partial charge is 0.492 e. The second-order valence-electron chi connectivity index (χ2n) is 8.80. The summed E-state index contributed by atoms with van der Waals surface area (Å²) in [6.45, 7) is 4.94. The van der Waals surface area contributed by atoms with Crippen molar-refractivity contribution in [1.82, 2.24) is 9.80 Å². The maximum absolute atomic E-state index is 13.4. The van der Waals surface area contributed by atoms with Crippen LogP contribution in [0.15, 0.2) is 54.7 Å². The van der Waals surface area contributed by atoms with Crippen LogP contribution >= 0.6 is 0 Å². The minimum absolute atomic E-state index is 0.0818. The van der Waals surface area contributed by atoms with E-state index in [1.807, 2.05) is 0 Å². The third kappa shape index (κ3) is 5.35. The van der Waals surface area contributed by atoms with E-state index in [9.17, 15) is 27.5 Å². The number of rotatable bonds is 8. The van der Waals surface area contributed by atoms with Gasteiger partial charge < -0.3 is 14.7 Å². The van der Waals surface area contributed by atoms with Crippen molar-refractivity contribution in [3.05, 3.63) is 77.0 Å². The van der Waals surface area contributed by atoms with Crippen molar-refractivity contribution in [2.45, 2.75) is 18.6 Å². The van der Waals surface area contributed by atoms with E-state index in [1.54, 1.807) is 30.3 Å². The number of fused-ring (bicyclic) bond motifs is 1. The molecule has 9 heteroatoms. The summed E-state index contributed by atoms with van der Waals surface area (Å²) in [7, 11) is 0. The van der Waals surface area contributed by atoms with Crippen LogP contribution in [0.2, 0.25) is 0 Å². The predicted molar refractivity (Wildman–Crippen MR) is 119 cm³/mol. The van der Waals surface area contributed by atoms with Gasteiger partial charge in [0.1, 0.15) is 18.9 Å². The standard InChI is InChI=1S/C25H26F4N2O3/c1-16-10-20-11-19(24(32)33)4-7-22(20)23(31(16)15-25(27,28)29)18-2-5-21(6-3-18)34-9-8-30-13-17(12-26)14-30/h2-7,11,17,23H,1,8-10,12-15H2,(H,32,33)/t23-/m1/s1. The van der Waals surface area contributed by atoms with Crippen LogP contribution in [-0.2, 0) is 6.42 Å². The van der Waals surface area contributed by atoms with Crippen LogP contribution in [-0.4, -0.2) is 66.5 Å². The zero-order chi connectivity index (χ0) is 24.5. The number of alkyl halides is 4. The second kappa shape index (κ2) is 9.66. The van der Waals surface area contributed by atoms with Gasteiger partial charge in [-0.25, -0.2) is 4.79 Å². The van der Waals surface area contributed by atoms with E-state index >= 15 is 0 Å². The maximum atomic E-state index is 13.4. The average Bonchev–Trinajstić information content (AvgIpc) is 2.75. The number of benzene rings is 2. The van der Waals surface area contributed by atoms with Crippen LogP contribution in [0, 0.1) is 5.92 Å². The molecule has 2 heterocycles. The number of carboxylic acid groups (broad SMARTS) is 1. The van der Waals surface area contributed by atoms with E-state index in [2.05, 4.69) is 11.5 Å². The first-order valence-electron chi connectivity index (χ1n) is 11.0. The smallest absolute Gasteiger partial charge is 0.405 e. The van der Waals surface area contributed by atoms with Crippen LogP contribution < -0.4 is 4.74 Å². The van der Waals surface area contributed by atoms with E-state index in [1.165, 1.54) is 17.0 Å². The summed E-state index contributed by atoms with van der Waals surface area (Å²) in [6.07, 6.45) is -4.29. The summed E-state index contributed by atoms with van der Waals surface area (Å²) < 4.78 is 58.5. The lowest BCUT2D eigenvalue weighted by Crippen LogP contribution is -2.49. The first-order valence-corrected chi connectivity index (χ1v) is 11.0. The average molecular weight is 478 g/mol. The van der Waals surface area contributed by atoms with Gasteiger partial charge in [-0.05, 0) is 41.0 Å². The molecule has 0 aromatic heterocycles. The third-order valence-electron chi connectivity index (χ3n) is 6.27. The number of hydrogen-bond acceptors (Lipinski definition) is 4. The highest BCUT2D eigenvalue weighted by Gasteiger charge is 2.38. The molecule has 1 N–H and O–H groups in total. The third-order valence-corrected chi connectivity index (χ3v) is 6.27. The monoisotopic (exact) mass is 478 g/mol. The molecule has 2 aliphatic rings. The quantitative estimate of drug-likeness (QED) is 0.558. The molecule has 5 nitrogen and oxygen atoms in total. The molecule has 0 radical (unpaired) electrons. The number of halogens is 4. The molecule has 34 heavy (non-hydrogen) atoms. The van der Waals surface area contributed by atoms with Gasteiger partial charge in [-0.2, -0.15) is 13.2 Å². The number of aromatic carboxylic acids is 1. The number of carbonyl (C=O) groups is 1. The first kappa shape index (κ1) is 24.1. The second-order valence-corrected chi connectivity index (χ2v) is 8.80. The summed E-state index contributed by atoms with van der Waals surface area (Å²) in [4.78, 5) is 14.7. The molecule has 182 valence electrons. The molecular weight excluding hydrogens is 452 g/mol. The topological polar surface area (TPSA) is 53.0 Å². The molecule has 2 aromatic rings. The Morgan fingerprint density at radius 1 is 1.15 bits per heavy atom. The lowest BCUT2D eigenvalue weighted by atomic mass is 9.86. The van der Waals surface area contributed by atoms with Crippen molar-refractivity contribution in [2.75, 3.05) is 39.5 Å². The summed E-state index contributed by atoms with van der Waals surface area (Å²) in [5, 5.41) is 9.31. The first-order chi connectivity index (χ1) is 16.1. The Hall–Kier alpha value is -3.07. The Kier molecular flexibility index (Phi) is 6.84. The summed E-state index contributed by atoms with van der Waals surface area (Å²) in [5.41, 5.74) is 2.25. The predicted octanol–water partition coefficient (Wildman–Crippen LogP) is 4.69. The lowest BCUT2D eigenvalue weighted by molar-refractivity contribution is -0.145. The number of likely N-dealkylation sites (tertiary alicyclic amines) is 1. The fourth-order valence-corrected chi connectivity index (χ4v) is 4.58. The highest BCUT2D eigenvalue weighted by molar-refractivity contribution is 5.88. The van der Waals surface area contributed by atoms with Crippen molar-refractivity contribution in [3.8, 4) is 5.75 Å². The Morgan fingerprint density at radius 3 is 2.47 bits per heavy atom. The molecular formula is C25H26F4N2O3. The van der Waals surface area contributed by atoms with Crippen LogP contribution in [0.25, 0.3) is 0 Å². The molecule has 0 spiro atoms. The Labute approximate surface area is 195 Å². The zero-order valence-electron chi connectivity index (χ0n) is 18.5. The number of hydrogen-bond donors (Lipinski definition) is 1. The molecule has 0 unspecified atom stereocenters. The molecule has 2 aromatic carbocycles. The van der Waals surface area contributed by atoms with Crippen LogP contribution in [0.5, 0.6) is 5.75 Å². The SMILES string of the molecule is C=C1Cc2cc(C(=O)O)ccc2[C@@H](c2ccc(OCCN3CC(CF)C3)cc2)N1CC(F)(F)F. The van der Waals surface area contributed by atoms with E-state index in [0.717, 1.165) is 13.1 Å². The summed E-state index contributed by atoms with van der Waals surface area (Å²) in [5.74, 6) is -0.397. The van der Waals surface area contributed by atoms with Crippen LogP contribution in [0.3, 0.4) is 0 Å². The van der Waals surface area contributed by atoms with Crippen LogP contribution in [0.4, 0.5) is 17.6 Å². The zero-order valence-corrected chi connectivity index (χ0v) is 18.5. The van der Waals surface area contributed by atoms with Gasteiger partial charge in [-0.3, -0.25) is 9.29 Å². The fraction of sp³-hybridized carbons (Fsp3) is 0.400.